The summed E-state index contributed by atoms with van der Waals surface area (Å²) in [6.45, 7) is 5.68. The van der Waals surface area contributed by atoms with Crippen LogP contribution in [0.5, 0.6) is 0 Å². The molecule has 1 aromatic heterocycles. The van der Waals surface area contributed by atoms with E-state index in [-0.39, 0.29) is 0 Å². The lowest BCUT2D eigenvalue weighted by atomic mass is 9.90. The lowest BCUT2D eigenvalue weighted by Crippen LogP contribution is -2.39. The maximum Gasteiger partial charge on any atom is 0.132 e. The van der Waals surface area contributed by atoms with Crippen molar-refractivity contribution in [2.45, 2.75) is 57.8 Å². The fourth-order valence-electron chi connectivity index (χ4n) is 4.14. The predicted octanol–water partition coefficient (Wildman–Crippen LogP) is 5.20. The molecule has 5 heteroatoms. The van der Waals surface area contributed by atoms with Crippen molar-refractivity contribution in [3.8, 4) is 0 Å². The molecule has 0 saturated heterocycles. The number of nitrogens with zero attached hydrogens (tertiary/aromatic N) is 2. The molecule has 1 saturated carbocycles. The second kappa shape index (κ2) is 8.13. The Morgan fingerprint density at radius 2 is 2.11 bits per heavy atom. The van der Waals surface area contributed by atoms with Crippen LogP contribution in [0.15, 0.2) is 53.8 Å². The number of nitrogens with one attached hydrogen (secondary N) is 2. The van der Waals surface area contributed by atoms with E-state index in [0.29, 0.717) is 17.8 Å². The number of anilines is 1. The number of aryl methyl sites for hydroxylation is 1. The van der Waals surface area contributed by atoms with Crippen molar-refractivity contribution in [2.75, 3.05) is 5.32 Å². The molecule has 2 unspecified atom stereocenters. The van der Waals surface area contributed by atoms with E-state index in [1.807, 2.05) is 30.5 Å². The Hall–Kier alpha value is -2.69. The van der Waals surface area contributed by atoms with Crippen LogP contribution in [0, 0.1) is 6.92 Å². The van der Waals surface area contributed by atoms with Crippen LogP contribution < -0.4 is 10.6 Å². The molecule has 146 valence electrons. The fraction of sp³-hybridized carbons (Fsp3) is 0.391. The number of allylic oxidation sites excluding steroid dienone is 2. The van der Waals surface area contributed by atoms with Gasteiger partial charge in [-0.05, 0) is 50.8 Å². The Labute approximate surface area is 165 Å². The van der Waals surface area contributed by atoms with Gasteiger partial charge in [0.05, 0.1) is 16.9 Å². The van der Waals surface area contributed by atoms with Gasteiger partial charge in [0.1, 0.15) is 6.67 Å². The summed E-state index contributed by atoms with van der Waals surface area (Å²) in [4.78, 5) is 8.79. The zero-order chi connectivity index (χ0) is 19.5. The van der Waals surface area contributed by atoms with Crippen LogP contribution in [-0.2, 0) is 6.67 Å². The molecular weight excluding hydrogens is 351 g/mol. The molecule has 2 heterocycles. The van der Waals surface area contributed by atoms with E-state index >= 15 is 0 Å². The number of hydrogen-bond donors (Lipinski definition) is 2. The molecule has 1 aliphatic carbocycles. The Balaban J connectivity index is 1.49. The van der Waals surface area contributed by atoms with E-state index in [4.69, 9.17) is 0 Å². The second-order valence-electron chi connectivity index (χ2n) is 7.81. The normalized spacial score (nSPS) is 21.6. The summed E-state index contributed by atoms with van der Waals surface area (Å²) in [5.74, 6) is 0. The van der Waals surface area contributed by atoms with E-state index < -0.39 is 6.67 Å². The molecule has 1 fully saturated rings. The molecule has 2 aliphatic rings. The molecular formula is C23H27FN4. The van der Waals surface area contributed by atoms with E-state index in [9.17, 15) is 4.39 Å². The van der Waals surface area contributed by atoms with E-state index in [2.05, 4.69) is 40.2 Å². The van der Waals surface area contributed by atoms with Crippen LogP contribution >= 0.6 is 0 Å². The number of alkyl halides is 1. The minimum absolute atomic E-state index is 0.335. The predicted molar refractivity (Wildman–Crippen MR) is 114 cm³/mol. The van der Waals surface area contributed by atoms with Gasteiger partial charge in [-0.3, -0.25) is 4.99 Å². The highest BCUT2D eigenvalue weighted by molar-refractivity contribution is 6.01. The highest BCUT2D eigenvalue weighted by Gasteiger charge is 2.23. The van der Waals surface area contributed by atoms with Crippen LogP contribution in [0.1, 0.15) is 43.4 Å². The first-order valence-corrected chi connectivity index (χ1v) is 10.0. The largest absolute Gasteiger partial charge is 0.382 e. The number of aromatic nitrogens is 1. The highest BCUT2D eigenvalue weighted by Crippen LogP contribution is 2.29. The summed E-state index contributed by atoms with van der Waals surface area (Å²) in [5.41, 5.74) is 5.43. The zero-order valence-electron chi connectivity index (χ0n) is 16.3. The van der Waals surface area contributed by atoms with Crippen molar-refractivity contribution < 1.29 is 4.39 Å². The summed E-state index contributed by atoms with van der Waals surface area (Å²) in [6, 6.07) is 8.68. The van der Waals surface area contributed by atoms with Crippen molar-refractivity contribution in [1.82, 2.24) is 10.3 Å². The lowest BCUT2D eigenvalue weighted by molar-refractivity contribution is 0.375. The quantitative estimate of drug-likeness (QED) is 0.726. The maximum atomic E-state index is 13.3. The third-order valence-corrected chi connectivity index (χ3v) is 5.56. The molecule has 4 rings (SSSR count). The molecule has 0 amide bonds. The Bertz CT molecular complexity index is 947. The van der Waals surface area contributed by atoms with Crippen molar-refractivity contribution in [2.24, 2.45) is 4.99 Å². The van der Waals surface area contributed by atoms with Crippen LogP contribution in [0.3, 0.4) is 0 Å². The summed E-state index contributed by atoms with van der Waals surface area (Å²) < 4.78 is 13.3. The summed E-state index contributed by atoms with van der Waals surface area (Å²) in [5, 5.41) is 8.31. The molecule has 0 spiro atoms. The Kier molecular flexibility index (Phi) is 5.42. The molecule has 2 N–H and O–H groups in total. The number of rotatable bonds is 6. The van der Waals surface area contributed by atoms with Gasteiger partial charge in [-0.2, -0.15) is 0 Å². The highest BCUT2D eigenvalue weighted by atomic mass is 19.1. The average molecular weight is 378 g/mol. The van der Waals surface area contributed by atoms with Gasteiger partial charge in [0, 0.05) is 41.5 Å². The summed E-state index contributed by atoms with van der Waals surface area (Å²) in [6.07, 6.45) is 9.12. The van der Waals surface area contributed by atoms with Gasteiger partial charge in [0.15, 0.2) is 0 Å². The van der Waals surface area contributed by atoms with Crippen molar-refractivity contribution in [3.63, 3.8) is 0 Å². The van der Waals surface area contributed by atoms with Gasteiger partial charge in [-0.15, -0.1) is 0 Å². The first kappa shape index (κ1) is 18.7. The standard InChI is InChI=1S/C23H27FN4/c1-15-8-9-22-20(11-15)23(13-19(14-24)28-22)27-18-6-3-5-17(12-18)26-16(2)21-7-4-10-25-21/h4,8-11,13,17-18,26H,2-3,5-7,12,14H2,1H3,(H,27,28). The van der Waals surface area contributed by atoms with Gasteiger partial charge in [0.2, 0.25) is 0 Å². The van der Waals surface area contributed by atoms with Crippen molar-refractivity contribution >= 4 is 22.3 Å². The number of hydrogen-bond acceptors (Lipinski definition) is 4. The molecule has 0 radical (unpaired) electrons. The number of benzene rings is 1. The minimum atomic E-state index is -0.552. The molecule has 2 atom stereocenters. The van der Waals surface area contributed by atoms with E-state index in [0.717, 1.165) is 60.1 Å². The van der Waals surface area contributed by atoms with Crippen LogP contribution in [0.2, 0.25) is 0 Å². The SMILES string of the molecule is C=C(NC1CCCC(Nc2cc(CF)nc3ccc(C)cc23)C1)C1=NC=CC1. The van der Waals surface area contributed by atoms with Gasteiger partial charge in [-0.25, -0.2) is 9.37 Å². The van der Waals surface area contributed by atoms with Gasteiger partial charge >= 0.3 is 0 Å². The first-order chi connectivity index (χ1) is 13.6. The minimum Gasteiger partial charge on any atom is -0.382 e. The molecule has 1 aromatic carbocycles. The van der Waals surface area contributed by atoms with Crippen LogP contribution in [0.25, 0.3) is 10.9 Å². The van der Waals surface area contributed by atoms with Gasteiger partial charge in [0.25, 0.3) is 0 Å². The Morgan fingerprint density at radius 3 is 2.89 bits per heavy atom. The molecule has 28 heavy (non-hydrogen) atoms. The van der Waals surface area contributed by atoms with Crippen molar-refractivity contribution in [1.29, 1.82) is 0 Å². The third-order valence-electron chi connectivity index (χ3n) is 5.56. The second-order valence-corrected chi connectivity index (χ2v) is 7.81. The fourth-order valence-corrected chi connectivity index (χ4v) is 4.14. The van der Waals surface area contributed by atoms with Gasteiger partial charge < -0.3 is 10.6 Å². The number of aliphatic imine (C=N–C) groups is 1. The summed E-state index contributed by atoms with van der Waals surface area (Å²) in [7, 11) is 0. The van der Waals surface area contributed by atoms with E-state index in [1.165, 1.54) is 5.56 Å². The maximum absolute atomic E-state index is 13.3. The summed E-state index contributed by atoms with van der Waals surface area (Å²) >= 11 is 0. The molecule has 2 aromatic rings. The van der Waals surface area contributed by atoms with Gasteiger partial charge in [-0.1, -0.05) is 24.3 Å². The van der Waals surface area contributed by atoms with Crippen LogP contribution in [-0.4, -0.2) is 22.8 Å². The lowest BCUT2D eigenvalue weighted by Gasteiger charge is -2.32. The number of fused-ring (bicyclic) bond motifs is 1. The number of pyridine rings is 1. The number of halogens is 1. The third kappa shape index (κ3) is 4.08. The van der Waals surface area contributed by atoms with Crippen LogP contribution in [0.4, 0.5) is 10.1 Å². The molecule has 4 nitrogen and oxygen atoms in total. The monoisotopic (exact) mass is 378 g/mol. The zero-order valence-corrected chi connectivity index (χ0v) is 16.3. The van der Waals surface area contributed by atoms with Crippen molar-refractivity contribution in [3.05, 3.63) is 60.1 Å². The smallest absolute Gasteiger partial charge is 0.132 e. The first-order valence-electron chi connectivity index (χ1n) is 10.0. The average Bonchev–Trinajstić information content (AvgIpc) is 3.23. The topological polar surface area (TPSA) is 49.3 Å². The Morgan fingerprint density at radius 1 is 1.25 bits per heavy atom. The molecule has 0 bridgehead atoms. The molecule has 1 aliphatic heterocycles. The van der Waals surface area contributed by atoms with E-state index in [1.54, 1.807) is 0 Å².